The standard InChI is InChI=1S/C9H10F3N3O2/c10-9(11,12)6-3-7(13-14-8(6)17)15-2-1-5(16)4-15/h3,5,16H,1-2,4H2,(H,14,17)/t5-/m0/s1. The summed E-state index contributed by atoms with van der Waals surface area (Å²) >= 11 is 0. The first-order valence-corrected chi connectivity index (χ1v) is 4.98. The van der Waals surface area contributed by atoms with Gasteiger partial charge in [-0.1, -0.05) is 0 Å². The third-order valence-corrected chi connectivity index (χ3v) is 2.58. The van der Waals surface area contributed by atoms with Gasteiger partial charge in [-0.2, -0.15) is 18.3 Å². The second kappa shape index (κ2) is 4.02. The Morgan fingerprint density at radius 2 is 2.24 bits per heavy atom. The van der Waals surface area contributed by atoms with E-state index in [2.05, 4.69) is 5.10 Å². The van der Waals surface area contributed by atoms with Crippen LogP contribution in [0.5, 0.6) is 0 Å². The van der Waals surface area contributed by atoms with E-state index in [-0.39, 0.29) is 12.4 Å². The number of aliphatic hydroxyl groups excluding tert-OH is 1. The van der Waals surface area contributed by atoms with Gasteiger partial charge in [-0.05, 0) is 6.42 Å². The zero-order chi connectivity index (χ0) is 12.6. The van der Waals surface area contributed by atoms with E-state index in [1.54, 1.807) is 0 Å². The minimum Gasteiger partial charge on any atom is -0.391 e. The number of alkyl halides is 3. The number of β-amino-alcohol motifs (C(OH)–C–C–N with tert-alkyl or cyclic N) is 1. The van der Waals surface area contributed by atoms with Crippen molar-refractivity contribution in [3.05, 3.63) is 22.0 Å². The molecule has 1 fully saturated rings. The molecule has 0 radical (unpaired) electrons. The molecule has 8 heteroatoms. The molecule has 0 aromatic carbocycles. The quantitative estimate of drug-likeness (QED) is 0.754. The molecule has 0 spiro atoms. The largest absolute Gasteiger partial charge is 0.421 e. The van der Waals surface area contributed by atoms with Crippen LogP contribution in [-0.2, 0) is 6.18 Å². The molecular weight excluding hydrogens is 239 g/mol. The fraction of sp³-hybridized carbons (Fsp3) is 0.556. The highest BCUT2D eigenvalue weighted by Gasteiger charge is 2.35. The van der Waals surface area contributed by atoms with E-state index in [1.807, 2.05) is 5.10 Å². The Kier molecular flexibility index (Phi) is 2.82. The van der Waals surface area contributed by atoms with Crippen LogP contribution in [0.2, 0.25) is 0 Å². The number of aromatic nitrogens is 2. The lowest BCUT2D eigenvalue weighted by Crippen LogP contribution is -2.28. The molecule has 0 unspecified atom stereocenters. The summed E-state index contributed by atoms with van der Waals surface area (Å²) < 4.78 is 37.4. The molecule has 2 rings (SSSR count). The summed E-state index contributed by atoms with van der Waals surface area (Å²) in [5, 5.41) is 14.6. The maximum Gasteiger partial charge on any atom is 0.421 e. The van der Waals surface area contributed by atoms with Crippen LogP contribution in [0, 0.1) is 0 Å². The van der Waals surface area contributed by atoms with E-state index in [4.69, 9.17) is 0 Å². The average Bonchev–Trinajstić information content (AvgIpc) is 2.64. The molecule has 1 saturated heterocycles. The van der Waals surface area contributed by atoms with Gasteiger partial charge in [0.1, 0.15) is 11.4 Å². The molecule has 0 amide bonds. The Morgan fingerprint density at radius 3 is 2.76 bits per heavy atom. The number of hydrogen-bond donors (Lipinski definition) is 2. The van der Waals surface area contributed by atoms with Gasteiger partial charge in [0.15, 0.2) is 0 Å². The number of rotatable bonds is 1. The molecule has 17 heavy (non-hydrogen) atoms. The Hall–Kier alpha value is -1.57. The SMILES string of the molecule is O=c1[nH]nc(N2CC[C@H](O)C2)cc1C(F)(F)F. The molecule has 1 aromatic heterocycles. The van der Waals surface area contributed by atoms with E-state index < -0.39 is 23.4 Å². The van der Waals surface area contributed by atoms with E-state index in [0.29, 0.717) is 19.0 Å². The highest BCUT2D eigenvalue weighted by molar-refractivity contribution is 5.41. The highest BCUT2D eigenvalue weighted by Crippen LogP contribution is 2.28. The summed E-state index contributed by atoms with van der Waals surface area (Å²) in [6.07, 6.45) is -4.80. The molecule has 5 nitrogen and oxygen atoms in total. The normalized spacial score (nSPS) is 20.9. The molecule has 1 aliphatic heterocycles. The van der Waals surface area contributed by atoms with Crippen LogP contribution in [-0.4, -0.2) is 34.5 Å². The second-order valence-electron chi connectivity index (χ2n) is 3.86. The number of halogens is 3. The van der Waals surface area contributed by atoms with Gasteiger partial charge in [0.2, 0.25) is 0 Å². The zero-order valence-corrected chi connectivity index (χ0v) is 8.66. The van der Waals surface area contributed by atoms with Crippen LogP contribution in [0.4, 0.5) is 19.0 Å². The third-order valence-electron chi connectivity index (χ3n) is 2.58. The predicted molar refractivity (Wildman–Crippen MR) is 52.7 cm³/mol. The fourth-order valence-electron chi connectivity index (χ4n) is 1.72. The van der Waals surface area contributed by atoms with Crippen LogP contribution in [0.1, 0.15) is 12.0 Å². The minimum atomic E-state index is -4.70. The van der Waals surface area contributed by atoms with Gasteiger partial charge in [0, 0.05) is 19.2 Å². The zero-order valence-electron chi connectivity index (χ0n) is 8.66. The Bertz CT molecular complexity index is 471. The van der Waals surface area contributed by atoms with Crippen LogP contribution in [0.15, 0.2) is 10.9 Å². The van der Waals surface area contributed by atoms with E-state index in [9.17, 15) is 23.1 Å². The summed E-state index contributed by atoms with van der Waals surface area (Å²) in [5.74, 6) is 0.0217. The van der Waals surface area contributed by atoms with Crippen molar-refractivity contribution in [1.29, 1.82) is 0 Å². The average molecular weight is 249 g/mol. The van der Waals surface area contributed by atoms with Gasteiger partial charge in [0.25, 0.3) is 5.56 Å². The Balaban J connectivity index is 2.35. The summed E-state index contributed by atoms with van der Waals surface area (Å²) in [5.41, 5.74) is -2.54. The first kappa shape index (κ1) is 11.9. The third kappa shape index (κ3) is 2.41. The molecule has 94 valence electrons. The predicted octanol–water partition coefficient (Wildman–Crippen LogP) is 0.360. The molecule has 1 atom stereocenters. The molecule has 0 bridgehead atoms. The number of aliphatic hydroxyl groups is 1. The van der Waals surface area contributed by atoms with Crippen molar-refractivity contribution in [3.8, 4) is 0 Å². The monoisotopic (exact) mass is 249 g/mol. The molecule has 2 heterocycles. The van der Waals surface area contributed by atoms with Crippen molar-refractivity contribution >= 4 is 5.82 Å². The van der Waals surface area contributed by atoms with Crippen molar-refractivity contribution in [3.63, 3.8) is 0 Å². The van der Waals surface area contributed by atoms with Crippen molar-refractivity contribution < 1.29 is 18.3 Å². The Morgan fingerprint density at radius 1 is 1.53 bits per heavy atom. The van der Waals surface area contributed by atoms with E-state index >= 15 is 0 Å². The first-order chi connectivity index (χ1) is 7.88. The molecule has 1 aliphatic rings. The lowest BCUT2D eigenvalue weighted by atomic mass is 10.3. The number of nitrogens with zero attached hydrogens (tertiary/aromatic N) is 2. The number of H-pyrrole nitrogens is 1. The van der Waals surface area contributed by atoms with Gasteiger partial charge in [0.05, 0.1) is 6.10 Å². The smallest absolute Gasteiger partial charge is 0.391 e. The van der Waals surface area contributed by atoms with Crippen LogP contribution in [0.3, 0.4) is 0 Å². The summed E-state index contributed by atoms with van der Waals surface area (Å²) in [4.78, 5) is 12.5. The van der Waals surface area contributed by atoms with Crippen molar-refractivity contribution in [1.82, 2.24) is 10.2 Å². The fourth-order valence-corrected chi connectivity index (χ4v) is 1.72. The molecular formula is C9H10F3N3O2. The van der Waals surface area contributed by atoms with Crippen LogP contribution < -0.4 is 10.5 Å². The molecule has 2 N–H and O–H groups in total. The van der Waals surface area contributed by atoms with Gasteiger partial charge in [-0.15, -0.1) is 0 Å². The van der Waals surface area contributed by atoms with Crippen molar-refractivity contribution in [2.75, 3.05) is 18.0 Å². The molecule has 0 saturated carbocycles. The Labute approximate surface area is 93.9 Å². The summed E-state index contributed by atoms with van der Waals surface area (Å²) in [6, 6.07) is 0.705. The van der Waals surface area contributed by atoms with Crippen LogP contribution >= 0.6 is 0 Å². The van der Waals surface area contributed by atoms with Gasteiger partial charge in [-0.3, -0.25) is 4.79 Å². The van der Waals surface area contributed by atoms with Crippen LogP contribution in [0.25, 0.3) is 0 Å². The van der Waals surface area contributed by atoms with E-state index in [0.717, 1.165) is 0 Å². The van der Waals surface area contributed by atoms with Gasteiger partial charge >= 0.3 is 6.18 Å². The number of aromatic amines is 1. The summed E-state index contributed by atoms with van der Waals surface area (Å²) in [6.45, 7) is 0.633. The lowest BCUT2D eigenvalue weighted by Gasteiger charge is -2.16. The van der Waals surface area contributed by atoms with Gasteiger partial charge in [-0.25, -0.2) is 5.10 Å². The highest BCUT2D eigenvalue weighted by atomic mass is 19.4. The van der Waals surface area contributed by atoms with Gasteiger partial charge < -0.3 is 10.0 Å². The number of hydrogen-bond acceptors (Lipinski definition) is 4. The number of anilines is 1. The molecule has 1 aromatic rings. The molecule has 0 aliphatic carbocycles. The first-order valence-electron chi connectivity index (χ1n) is 4.98. The minimum absolute atomic E-state index is 0.0217. The lowest BCUT2D eigenvalue weighted by molar-refractivity contribution is -0.138. The second-order valence-corrected chi connectivity index (χ2v) is 3.86. The van der Waals surface area contributed by atoms with Crippen molar-refractivity contribution in [2.45, 2.75) is 18.7 Å². The van der Waals surface area contributed by atoms with Crippen molar-refractivity contribution in [2.24, 2.45) is 0 Å². The summed E-state index contributed by atoms with van der Waals surface area (Å²) in [7, 11) is 0. The number of nitrogens with one attached hydrogen (secondary N) is 1. The maximum absolute atomic E-state index is 12.5. The topological polar surface area (TPSA) is 69.2 Å². The maximum atomic E-state index is 12.5. The van der Waals surface area contributed by atoms with E-state index in [1.165, 1.54) is 4.90 Å².